The van der Waals surface area contributed by atoms with Crippen molar-refractivity contribution in [2.24, 2.45) is 5.92 Å². The maximum Gasteiger partial charge on any atom is 0.224 e. The highest BCUT2D eigenvalue weighted by Crippen LogP contribution is 2.33. The second-order valence-electron chi connectivity index (χ2n) is 10.7. The number of H-pyrrole nitrogens is 2. The standard InChI is InChI=1S/C31H27FN8O2/c32-20-11-18(13-22(41)14-20)23-8-9-34-30-27(23)37-31(38-30)29-28-25(39-40-29)7-6-24(36-28)19-12-21(16-33-15-19)35-26(42)10-17-4-2-1-3-5-17/h6-9,11-17,41H,1-5,10H2,(H,35,42)(H,39,40)(H,34,37,38). The zero-order valence-electron chi connectivity index (χ0n) is 22.6. The van der Waals surface area contributed by atoms with E-state index in [1.807, 2.05) is 18.2 Å². The van der Waals surface area contributed by atoms with Gasteiger partial charge in [-0.2, -0.15) is 5.10 Å². The third kappa shape index (κ3) is 5.05. The summed E-state index contributed by atoms with van der Waals surface area (Å²) in [5.41, 5.74) is 5.93. The molecule has 0 saturated heterocycles. The molecule has 0 bridgehead atoms. The second-order valence-corrected chi connectivity index (χ2v) is 10.7. The molecule has 42 heavy (non-hydrogen) atoms. The summed E-state index contributed by atoms with van der Waals surface area (Å²) in [7, 11) is 0. The Labute approximate surface area is 239 Å². The van der Waals surface area contributed by atoms with Gasteiger partial charge in [-0.05, 0) is 60.7 Å². The van der Waals surface area contributed by atoms with Crippen LogP contribution in [-0.2, 0) is 4.79 Å². The van der Waals surface area contributed by atoms with E-state index < -0.39 is 5.82 Å². The van der Waals surface area contributed by atoms with Gasteiger partial charge in [-0.25, -0.2) is 19.3 Å². The number of phenols is 1. The number of amides is 1. The number of phenolic OH excluding ortho intramolecular Hbond substituents is 1. The van der Waals surface area contributed by atoms with Gasteiger partial charge in [0.2, 0.25) is 5.91 Å². The Morgan fingerprint density at radius 2 is 1.90 bits per heavy atom. The highest BCUT2D eigenvalue weighted by Gasteiger charge is 2.19. The minimum atomic E-state index is -0.549. The zero-order chi connectivity index (χ0) is 28.6. The number of pyridine rings is 3. The first-order valence-corrected chi connectivity index (χ1v) is 14.0. The van der Waals surface area contributed by atoms with E-state index in [9.17, 15) is 14.3 Å². The smallest absolute Gasteiger partial charge is 0.224 e. The van der Waals surface area contributed by atoms with E-state index in [1.165, 1.54) is 31.4 Å². The molecule has 10 nitrogen and oxygen atoms in total. The van der Waals surface area contributed by atoms with Crippen molar-refractivity contribution in [2.45, 2.75) is 38.5 Å². The highest BCUT2D eigenvalue weighted by atomic mass is 19.1. The molecule has 1 amide bonds. The van der Waals surface area contributed by atoms with Crippen molar-refractivity contribution < 1.29 is 14.3 Å². The number of aromatic amines is 2. The monoisotopic (exact) mass is 562 g/mol. The van der Waals surface area contributed by atoms with Crippen LogP contribution >= 0.6 is 0 Å². The van der Waals surface area contributed by atoms with Crippen LogP contribution in [0, 0.1) is 11.7 Å². The summed E-state index contributed by atoms with van der Waals surface area (Å²) < 4.78 is 14.0. The van der Waals surface area contributed by atoms with Crippen LogP contribution in [0.2, 0.25) is 0 Å². The SMILES string of the molecule is O=C(CC1CCCCC1)Nc1cncc(-c2ccc3[nH]nc(-c4nc5nccc(-c6cc(O)cc(F)c6)c5[nH]4)c3n2)c1. The summed E-state index contributed by atoms with van der Waals surface area (Å²) in [4.78, 5) is 34.1. The number of aromatic nitrogens is 7. The summed E-state index contributed by atoms with van der Waals surface area (Å²) in [6.07, 6.45) is 11.3. The average Bonchev–Trinajstić information content (AvgIpc) is 3.61. The second kappa shape index (κ2) is 10.7. The third-order valence-electron chi connectivity index (χ3n) is 7.73. The molecule has 0 unspecified atom stereocenters. The van der Waals surface area contributed by atoms with Crippen LogP contribution in [0.15, 0.2) is 61.1 Å². The van der Waals surface area contributed by atoms with Gasteiger partial charge in [0.05, 0.1) is 28.6 Å². The summed E-state index contributed by atoms with van der Waals surface area (Å²) in [6.45, 7) is 0. The van der Waals surface area contributed by atoms with Crippen LogP contribution in [-0.4, -0.2) is 46.1 Å². The highest BCUT2D eigenvalue weighted by molar-refractivity contribution is 5.95. The molecule has 1 fully saturated rings. The third-order valence-corrected chi connectivity index (χ3v) is 7.73. The Morgan fingerprint density at radius 1 is 1.02 bits per heavy atom. The van der Waals surface area contributed by atoms with E-state index in [-0.39, 0.29) is 11.7 Å². The molecule has 1 aromatic carbocycles. The lowest BCUT2D eigenvalue weighted by atomic mass is 9.87. The van der Waals surface area contributed by atoms with Gasteiger partial charge in [0, 0.05) is 36.0 Å². The lowest BCUT2D eigenvalue weighted by molar-refractivity contribution is -0.117. The Balaban J connectivity index is 1.20. The molecular weight excluding hydrogens is 535 g/mol. The molecule has 11 heteroatoms. The predicted molar refractivity (Wildman–Crippen MR) is 157 cm³/mol. The summed E-state index contributed by atoms with van der Waals surface area (Å²) in [6, 6.07) is 11.2. The molecule has 5 aromatic heterocycles. The van der Waals surface area contributed by atoms with Crippen LogP contribution in [0.5, 0.6) is 5.75 Å². The molecule has 5 heterocycles. The molecule has 7 rings (SSSR count). The first-order valence-electron chi connectivity index (χ1n) is 14.0. The molecule has 0 spiro atoms. The number of aromatic hydroxyl groups is 1. The Morgan fingerprint density at radius 3 is 2.76 bits per heavy atom. The number of nitrogens with zero attached hydrogens (tertiary/aromatic N) is 5. The normalized spacial score (nSPS) is 14.0. The number of carbonyl (C=O) groups excluding carboxylic acids is 1. The Bertz CT molecular complexity index is 1920. The minimum Gasteiger partial charge on any atom is -0.508 e. The molecule has 0 aliphatic heterocycles. The van der Waals surface area contributed by atoms with Crippen molar-refractivity contribution in [2.75, 3.05) is 5.32 Å². The van der Waals surface area contributed by atoms with E-state index in [4.69, 9.17) is 4.98 Å². The maximum absolute atomic E-state index is 14.0. The van der Waals surface area contributed by atoms with E-state index >= 15 is 0 Å². The van der Waals surface area contributed by atoms with Crippen molar-refractivity contribution in [3.05, 3.63) is 66.9 Å². The predicted octanol–water partition coefficient (Wildman–Crippen LogP) is 6.38. The zero-order valence-corrected chi connectivity index (χ0v) is 22.6. The first-order chi connectivity index (χ1) is 20.5. The minimum absolute atomic E-state index is 0.00713. The molecule has 4 N–H and O–H groups in total. The van der Waals surface area contributed by atoms with Crippen LogP contribution in [0.25, 0.3) is 56.1 Å². The fourth-order valence-electron chi connectivity index (χ4n) is 5.73. The van der Waals surface area contributed by atoms with Crippen molar-refractivity contribution in [3.63, 3.8) is 0 Å². The van der Waals surface area contributed by atoms with Crippen molar-refractivity contribution in [1.29, 1.82) is 0 Å². The average molecular weight is 563 g/mol. The number of anilines is 1. The fraction of sp³-hybridized carbons (Fsp3) is 0.226. The summed E-state index contributed by atoms with van der Waals surface area (Å²) in [5.74, 6) is 0.166. The largest absolute Gasteiger partial charge is 0.508 e. The molecule has 210 valence electrons. The van der Waals surface area contributed by atoms with Crippen LogP contribution < -0.4 is 5.32 Å². The number of benzene rings is 1. The Kier molecular flexibility index (Phi) is 6.54. The van der Waals surface area contributed by atoms with Crippen molar-refractivity contribution in [3.8, 4) is 39.7 Å². The number of imidazole rings is 1. The number of nitrogens with one attached hydrogen (secondary N) is 3. The molecular formula is C31H27FN8O2. The number of fused-ring (bicyclic) bond motifs is 2. The van der Waals surface area contributed by atoms with Gasteiger partial charge in [-0.3, -0.25) is 14.9 Å². The molecule has 1 saturated carbocycles. The first kappa shape index (κ1) is 25.8. The van der Waals surface area contributed by atoms with Gasteiger partial charge in [0.1, 0.15) is 17.1 Å². The number of rotatable bonds is 6. The van der Waals surface area contributed by atoms with E-state index in [0.717, 1.165) is 24.5 Å². The quantitative estimate of drug-likeness (QED) is 0.184. The fourth-order valence-corrected chi connectivity index (χ4v) is 5.73. The van der Waals surface area contributed by atoms with Gasteiger partial charge in [-0.1, -0.05) is 19.3 Å². The van der Waals surface area contributed by atoms with Crippen LogP contribution in [0.4, 0.5) is 10.1 Å². The van der Waals surface area contributed by atoms with Crippen molar-refractivity contribution in [1.82, 2.24) is 35.1 Å². The van der Waals surface area contributed by atoms with E-state index in [0.29, 0.717) is 68.6 Å². The lowest BCUT2D eigenvalue weighted by Gasteiger charge is -2.20. The lowest BCUT2D eigenvalue weighted by Crippen LogP contribution is -2.18. The topological polar surface area (TPSA) is 145 Å². The van der Waals surface area contributed by atoms with Crippen LogP contribution in [0.1, 0.15) is 38.5 Å². The van der Waals surface area contributed by atoms with Gasteiger partial charge >= 0.3 is 0 Å². The summed E-state index contributed by atoms with van der Waals surface area (Å²) >= 11 is 0. The summed E-state index contributed by atoms with van der Waals surface area (Å²) in [5, 5.41) is 20.4. The molecule has 6 aromatic rings. The van der Waals surface area contributed by atoms with Gasteiger partial charge in [0.25, 0.3) is 0 Å². The maximum atomic E-state index is 14.0. The van der Waals surface area contributed by atoms with Gasteiger partial charge in [0.15, 0.2) is 17.2 Å². The molecule has 0 atom stereocenters. The number of hydrogen-bond acceptors (Lipinski definition) is 7. The van der Waals surface area contributed by atoms with Gasteiger partial charge < -0.3 is 15.4 Å². The van der Waals surface area contributed by atoms with E-state index in [1.54, 1.807) is 24.7 Å². The number of halogens is 1. The Hall–Kier alpha value is -5.19. The van der Waals surface area contributed by atoms with Crippen molar-refractivity contribution >= 4 is 33.8 Å². The van der Waals surface area contributed by atoms with Gasteiger partial charge in [-0.15, -0.1) is 0 Å². The molecule has 1 aliphatic rings. The number of carbonyl (C=O) groups is 1. The molecule has 1 aliphatic carbocycles. The van der Waals surface area contributed by atoms with E-state index in [2.05, 4.69) is 35.5 Å². The molecule has 0 radical (unpaired) electrons. The number of hydrogen-bond donors (Lipinski definition) is 4. The van der Waals surface area contributed by atoms with Crippen LogP contribution in [0.3, 0.4) is 0 Å².